The van der Waals surface area contributed by atoms with Crippen LogP contribution in [-0.2, 0) is 9.53 Å². The molecular formula is C22H34O6. The van der Waals surface area contributed by atoms with E-state index in [2.05, 4.69) is 6.58 Å². The third-order valence-electron chi connectivity index (χ3n) is 9.00. The van der Waals surface area contributed by atoms with Gasteiger partial charge in [-0.2, -0.15) is 0 Å². The topological polar surface area (TPSA) is 107 Å². The van der Waals surface area contributed by atoms with Crippen molar-refractivity contribution in [2.75, 3.05) is 0 Å². The molecular weight excluding hydrogens is 360 g/mol. The zero-order valence-corrected chi connectivity index (χ0v) is 17.3. The highest BCUT2D eigenvalue weighted by Crippen LogP contribution is 2.69. The third-order valence-corrected chi connectivity index (χ3v) is 9.00. The average Bonchev–Trinajstić information content (AvgIpc) is 2.79. The van der Waals surface area contributed by atoms with E-state index in [0.29, 0.717) is 19.3 Å². The van der Waals surface area contributed by atoms with Crippen LogP contribution in [0.5, 0.6) is 0 Å². The van der Waals surface area contributed by atoms with Gasteiger partial charge in [-0.05, 0) is 44.9 Å². The predicted octanol–water partition coefficient (Wildman–Crippen LogP) is 1.54. The van der Waals surface area contributed by atoms with E-state index in [1.54, 1.807) is 20.8 Å². The summed E-state index contributed by atoms with van der Waals surface area (Å²) < 4.78 is 5.77. The Morgan fingerprint density at radius 3 is 2.36 bits per heavy atom. The van der Waals surface area contributed by atoms with Gasteiger partial charge in [0.1, 0.15) is 11.7 Å². The summed E-state index contributed by atoms with van der Waals surface area (Å²) in [5.41, 5.74) is -3.26. The maximum atomic E-state index is 11.9. The van der Waals surface area contributed by atoms with Crippen LogP contribution in [0.3, 0.4) is 0 Å². The lowest BCUT2D eigenvalue weighted by molar-refractivity contribution is -0.181. The van der Waals surface area contributed by atoms with Crippen molar-refractivity contribution in [3.63, 3.8) is 0 Å². The molecule has 4 N–H and O–H groups in total. The number of carbonyl (C=O) groups is 1. The van der Waals surface area contributed by atoms with E-state index in [1.165, 1.54) is 6.92 Å². The number of aliphatic hydroxyl groups excluding tert-OH is 2. The second kappa shape index (κ2) is 5.81. The van der Waals surface area contributed by atoms with Gasteiger partial charge in [-0.3, -0.25) is 4.79 Å². The summed E-state index contributed by atoms with van der Waals surface area (Å²) in [5, 5.41) is 44.9. The molecule has 0 saturated heterocycles. The molecule has 2 unspecified atom stereocenters. The molecule has 158 valence electrons. The van der Waals surface area contributed by atoms with Crippen LogP contribution in [0.4, 0.5) is 0 Å². The Labute approximate surface area is 166 Å². The Hall–Kier alpha value is -0.950. The van der Waals surface area contributed by atoms with Gasteiger partial charge >= 0.3 is 5.97 Å². The second-order valence-corrected chi connectivity index (χ2v) is 10.7. The maximum absolute atomic E-state index is 11.9. The third kappa shape index (κ3) is 2.26. The standard InChI is InChI=1S/C22H34O6/c1-11-13-6-7-14-18(28-12(2)23)21(13,10-20(14,5)26)9-17(25)22(27)15(11)8-16(24)19(22,3)4/h13-18,24-27H,1,6-10H2,2-5H3/t13-,14?,15-,16-,17-,18-,20+,21?,22-/m0/s1. The second-order valence-electron chi connectivity index (χ2n) is 10.7. The molecule has 0 aromatic rings. The SMILES string of the molecule is C=C1[C@@H]2CCC3[C@H](OC(C)=O)C2(C[C@H](O)[C@@]2(O)[C@H]1C[C@H](O)C2(C)C)C[C@@]3(C)O. The minimum Gasteiger partial charge on any atom is -0.462 e. The fourth-order valence-corrected chi connectivity index (χ4v) is 7.57. The van der Waals surface area contributed by atoms with Gasteiger partial charge in [-0.1, -0.05) is 26.0 Å². The van der Waals surface area contributed by atoms with Gasteiger partial charge in [-0.25, -0.2) is 0 Å². The van der Waals surface area contributed by atoms with E-state index in [1.807, 2.05) is 0 Å². The molecule has 6 nitrogen and oxygen atoms in total. The maximum Gasteiger partial charge on any atom is 0.302 e. The largest absolute Gasteiger partial charge is 0.462 e. The van der Waals surface area contributed by atoms with E-state index < -0.39 is 52.2 Å². The first-order chi connectivity index (χ1) is 12.8. The lowest BCUT2D eigenvalue weighted by atomic mass is 9.61. The minimum absolute atomic E-state index is 0.0863. The van der Waals surface area contributed by atoms with Gasteiger partial charge in [-0.15, -0.1) is 0 Å². The number of hydrogen-bond donors (Lipinski definition) is 4. The van der Waals surface area contributed by atoms with Crippen molar-refractivity contribution in [3.05, 3.63) is 12.2 Å². The number of fused-ring (bicyclic) bond motifs is 2. The summed E-state index contributed by atoms with van der Waals surface area (Å²) >= 11 is 0. The lowest BCUT2D eigenvalue weighted by Gasteiger charge is -2.47. The molecule has 4 aliphatic rings. The highest BCUT2D eigenvalue weighted by molar-refractivity contribution is 5.66. The smallest absolute Gasteiger partial charge is 0.302 e. The van der Waals surface area contributed by atoms with E-state index in [-0.39, 0.29) is 18.3 Å². The zero-order valence-electron chi connectivity index (χ0n) is 17.3. The Morgan fingerprint density at radius 2 is 1.75 bits per heavy atom. The predicted molar refractivity (Wildman–Crippen MR) is 102 cm³/mol. The molecule has 4 saturated carbocycles. The summed E-state index contributed by atoms with van der Waals surface area (Å²) in [6, 6.07) is 0. The highest BCUT2D eigenvalue weighted by atomic mass is 16.5. The summed E-state index contributed by atoms with van der Waals surface area (Å²) in [4.78, 5) is 11.9. The first-order valence-electron chi connectivity index (χ1n) is 10.5. The number of carbonyl (C=O) groups excluding carboxylic acids is 1. The molecule has 1 spiro atoms. The summed E-state index contributed by atoms with van der Waals surface area (Å²) in [6.07, 6.45) is 0.0633. The van der Waals surface area contributed by atoms with Crippen LogP contribution in [0.1, 0.15) is 59.8 Å². The van der Waals surface area contributed by atoms with E-state index >= 15 is 0 Å². The van der Waals surface area contributed by atoms with E-state index in [4.69, 9.17) is 4.74 Å². The molecule has 6 heteroatoms. The van der Waals surface area contributed by atoms with Crippen LogP contribution in [0.25, 0.3) is 0 Å². The van der Waals surface area contributed by atoms with Gasteiger partial charge in [0.25, 0.3) is 0 Å². The molecule has 2 bridgehead atoms. The molecule has 4 rings (SSSR count). The fourth-order valence-electron chi connectivity index (χ4n) is 7.57. The van der Waals surface area contributed by atoms with Crippen molar-refractivity contribution in [2.45, 2.75) is 89.3 Å². The van der Waals surface area contributed by atoms with Crippen molar-refractivity contribution in [3.8, 4) is 0 Å². The molecule has 0 aromatic heterocycles. The number of rotatable bonds is 1. The van der Waals surface area contributed by atoms with Crippen molar-refractivity contribution in [1.29, 1.82) is 0 Å². The van der Waals surface area contributed by atoms with Gasteiger partial charge in [0, 0.05) is 29.6 Å². The number of esters is 1. The number of ether oxygens (including phenoxy) is 1. The van der Waals surface area contributed by atoms with Crippen LogP contribution >= 0.6 is 0 Å². The molecule has 0 aliphatic heterocycles. The van der Waals surface area contributed by atoms with Crippen molar-refractivity contribution in [2.24, 2.45) is 28.6 Å². The first kappa shape index (κ1) is 20.3. The first-order valence-corrected chi connectivity index (χ1v) is 10.5. The summed E-state index contributed by atoms with van der Waals surface area (Å²) in [6.45, 7) is 11.1. The molecule has 9 atom stereocenters. The van der Waals surface area contributed by atoms with Crippen molar-refractivity contribution in [1.82, 2.24) is 0 Å². The van der Waals surface area contributed by atoms with Crippen molar-refractivity contribution >= 4 is 5.97 Å². The molecule has 0 radical (unpaired) electrons. The van der Waals surface area contributed by atoms with E-state index in [0.717, 1.165) is 12.0 Å². The number of hydrogen-bond acceptors (Lipinski definition) is 6. The van der Waals surface area contributed by atoms with Crippen LogP contribution in [-0.4, -0.2) is 55.9 Å². The van der Waals surface area contributed by atoms with Gasteiger partial charge in [0.15, 0.2) is 0 Å². The Morgan fingerprint density at radius 1 is 1.11 bits per heavy atom. The molecule has 28 heavy (non-hydrogen) atoms. The lowest BCUT2D eigenvalue weighted by Crippen LogP contribution is -2.57. The average molecular weight is 395 g/mol. The van der Waals surface area contributed by atoms with Crippen molar-refractivity contribution < 1.29 is 30.0 Å². The van der Waals surface area contributed by atoms with Gasteiger partial charge < -0.3 is 25.2 Å². The van der Waals surface area contributed by atoms with E-state index in [9.17, 15) is 25.2 Å². The van der Waals surface area contributed by atoms with Gasteiger partial charge in [0.2, 0.25) is 0 Å². The molecule has 0 amide bonds. The zero-order chi connectivity index (χ0) is 20.9. The van der Waals surface area contributed by atoms with Crippen LogP contribution in [0.2, 0.25) is 0 Å². The summed E-state index contributed by atoms with van der Waals surface area (Å²) in [7, 11) is 0. The van der Waals surface area contributed by atoms with Gasteiger partial charge in [0.05, 0.1) is 17.8 Å². The monoisotopic (exact) mass is 394 g/mol. The fraction of sp³-hybridized carbons (Fsp3) is 0.864. The molecule has 0 heterocycles. The summed E-state index contributed by atoms with van der Waals surface area (Å²) in [5.74, 6) is -1.11. The number of aliphatic hydroxyl groups is 4. The minimum atomic E-state index is -1.51. The molecule has 0 aromatic carbocycles. The van der Waals surface area contributed by atoms with Crippen LogP contribution in [0.15, 0.2) is 12.2 Å². The van der Waals surface area contributed by atoms with Crippen LogP contribution < -0.4 is 0 Å². The van der Waals surface area contributed by atoms with Crippen LogP contribution in [0, 0.1) is 28.6 Å². The molecule has 4 aliphatic carbocycles. The quantitative estimate of drug-likeness (QED) is 0.397. The molecule has 4 fully saturated rings. The Kier molecular flexibility index (Phi) is 4.22. The highest BCUT2D eigenvalue weighted by Gasteiger charge is 2.73. The Bertz CT molecular complexity index is 714. The Balaban J connectivity index is 1.86. The normalized spacial score (nSPS) is 54.6.